The SMILES string of the molecule is CC1CCCC(n2c(C(O)c3cc(F)ccc3OC(C)C)nc3c4c(ccc32)N(C)C(C)CC4)C1.O=CO.O=CO. The molecule has 0 amide bonds. The van der Waals surface area contributed by atoms with Crippen molar-refractivity contribution >= 4 is 29.7 Å². The van der Waals surface area contributed by atoms with Crippen molar-refractivity contribution in [2.24, 2.45) is 5.92 Å². The van der Waals surface area contributed by atoms with Gasteiger partial charge in [-0.2, -0.15) is 0 Å². The summed E-state index contributed by atoms with van der Waals surface area (Å²) in [6.45, 7) is 7.93. The zero-order chi connectivity index (χ0) is 30.3. The minimum absolute atomic E-state index is 0.0889. The first-order chi connectivity index (χ1) is 19.6. The third kappa shape index (κ3) is 7.16. The maximum Gasteiger partial charge on any atom is 0.290 e. The van der Waals surface area contributed by atoms with Crippen LogP contribution in [0.15, 0.2) is 30.3 Å². The van der Waals surface area contributed by atoms with Crippen LogP contribution in [0.25, 0.3) is 11.0 Å². The van der Waals surface area contributed by atoms with Gasteiger partial charge in [-0.3, -0.25) is 9.59 Å². The van der Waals surface area contributed by atoms with Crippen molar-refractivity contribution in [3.8, 4) is 5.75 Å². The Bertz CT molecular complexity index is 1320. The Morgan fingerprint density at radius 1 is 1.07 bits per heavy atom. The topological polar surface area (TPSA) is 125 Å². The molecule has 4 atom stereocenters. The average Bonchev–Trinajstić information content (AvgIpc) is 3.32. The van der Waals surface area contributed by atoms with Gasteiger partial charge >= 0.3 is 0 Å². The fraction of sp³-hybridized carbons (Fsp3) is 0.516. The Kier molecular flexibility index (Phi) is 11.1. The molecule has 224 valence electrons. The van der Waals surface area contributed by atoms with Gasteiger partial charge in [-0.05, 0) is 82.7 Å². The lowest BCUT2D eigenvalue weighted by Gasteiger charge is -2.34. The molecule has 0 bridgehead atoms. The summed E-state index contributed by atoms with van der Waals surface area (Å²) in [5.41, 5.74) is 4.93. The molecule has 3 N–H and O–H groups in total. The zero-order valence-corrected chi connectivity index (χ0v) is 24.5. The van der Waals surface area contributed by atoms with Gasteiger partial charge in [0.05, 0.1) is 17.1 Å². The van der Waals surface area contributed by atoms with Crippen LogP contribution >= 0.6 is 0 Å². The van der Waals surface area contributed by atoms with E-state index in [0.717, 1.165) is 43.1 Å². The number of nitrogens with zero attached hydrogens (tertiary/aromatic N) is 3. The summed E-state index contributed by atoms with van der Waals surface area (Å²) in [6.07, 6.45) is 5.37. The molecule has 41 heavy (non-hydrogen) atoms. The molecule has 9 nitrogen and oxygen atoms in total. The Hall–Kier alpha value is -3.66. The van der Waals surface area contributed by atoms with Gasteiger partial charge in [0.25, 0.3) is 12.9 Å². The van der Waals surface area contributed by atoms with Crippen LogP contribution in [0.4, 0.5) is 10.1 Å². The fourth-order valence-electron chi connectivity index (χ4n) is 6.03. The minimum atomic E-state index is -1.08. The molecule has 2 aromatic carbocycles. The number of carbonyl (C=O) groups is 2. The number of aliphatic hydroxyl groups is 1. The van der Waals surface area contributed by atoms with E-state index in [1.54, 1.807) is 6.07 Å². The average molecular weight is 572 g/mol. The highest BCUT2D eigenvalue weighted by Crippen LogP contribution is 2.42. The zero-order valence-electron chi connectivity index (χ0n) is 24.5. The normalized spacial score (nSPS) is 20.7. The number of aryl methyl sites for hydroxylation is 1. The summed E-state index contributed by atoms with van der Waals surface area (Å²) in [4.78, 5) is 24.2. The standard InChI is InChI=1S/C29H38FN3O2.2CH2O2/c1-17(2)35-26-14-10-20(30)16-23(26)28(34)29-31-27-22-11-9-19(4)32(5)24(22)12-13-25(27)33(29)21-8-6-7-18(3)15-21;2*2-1-3/h10,12-14,16-19,21,28,34H,6-9,11,15H2,1-5H3;2*1H,(H,2,3). The maximum absolute atomic E-state index is 14.4. The Labute approximate surface area is 240 Å². The summed E-state index contributed by atoms with van der Waals surface area (Å²) in [5, 5.41) is 25.5. The molecular weight excluding hydrogens is 529 g/mol. The number of carboxylic acid groups (broad SMARTS) is 2. The molecule has 0 radical (unpaired) electrons. The first-order valence-corrected chi connectivity index (χ1v) is 14.1. The lowest BCUT2D eigenvalue weighted by Crippen LogP contribution is -2.33. The molecule has 1 fully saturated rings. The van der Waals surface area contributed by atoms with Crippen molar-refractivity contribution in [2.45, 2.75) is 90.5 Å². The summed E-state index contributed by atoms with van der Waals surface area (Å²) in [5.74, 6) is 1.32. The predicted molar refractivity (Wildman–Crippen MR) is 156 cm³/mol. The van der Waals surface area contributed by atoms with Gasteiger partial charge in [-0.1, -0.05) is 19.8 Å². The van der Waals surface area contributed by atoms with E-state index in [9.17, 15) is 9.50 Å². The van der Waals surface area contributed by atoms with Crippen molar-refractivity contribution in [3.63, 3.8) is 0 Å². The van der Waals surface area contributed by atoms with Gasteiger partial charge in [-0.15, -0.1) is 0 Å². The third-order valence-corrected chi connectivity index (χ3v) is 7.97. The number of aromatic nitrogens is 2. The van der Waals surface area contributed by atoms with E-state index in [2.05, 4.69) is 42.5 Å². The first kappa shape index (κ1) is 31.9. The van der Waals surface area contributed by atoms with E-state index in [1.165, 1.54) is 29.8 Å². The summed E-state index contributed by atoms with van der Waals surface area (Å²) < 4.78 is 22.6. The Morgan fingerprint density at radius 2 is 1.76 bits per heavy atom. The van der Waals surface area contributed by atoms with E-state index in [4.69, 9.17) is 29.5 Å². The van der Waals surface area contributed by atoms with Gasteiger partial charge < -0.3 is 29.5 Å². The van der Waals surface area contributed by atoms with E-state index in [1.807, 2.05) is 13.8 Å². The fourth-order valence-corrected chi connectivity index (χ4v) is 6.03. The van der Waals surface area contributed by atoms with Crippen molar-refractivity contribution in [3.05, 3.63) is 53.1 Å². The number of rotatable bonds is 5. The van der Waals surface area contributed by atoms with Gasteiger partial charge in [0, 0.05) is 35.9 Å². The van der Waals surface area contributed by atoms with Crippen LogP contribution in [0.5, 0.6) is 5.75 Å². The number of hydrogen-bond acceptors (Lipinski definition) is 6. The first-order valence-electron chi connectivity index (χ1n) is 14.1. The molecule has 2 heterocycles. The minimum Gasteiger partial charge on any atom is -0.491 e. The lowest BCUT2D eigenvalue weighted by molar-refractivity contribution is -0.123. The number of benzene rings is 2. The smallest absolute Gasteiger partial charge is 0.290 e. The molecule has 3 aromatic rings. The number of halogens is 1. The molecular formula is C31H42FN3O6. The summed E-state index contributed by atoms with van der Waals surface area (Å²) in [6, 6.07) is 9.50. The van der Waals surface area contributed by atoms with E-state index in [0.29, 0.717) is 29.1 Å². The number of anilines is 1. The van der Waals surface area contributed by atoms with Crippen molar-refractivity contribution in [1.82, 2.24) is 9.55 Å². The van der Waals surface area contributed by atoms with Crippen molar-refractivity contribution in [1.29, 1.82) is 0 Å². The molecule has 2 aliphatic rings. The molecule has 10 heteroatoms. The second-order valence-electron chi connectivity index (χ2n) is 11.2. The lowest BCUT2D eigenvalue weighted by atomic mass is 9.86. The Morgan fingerprint density at radius 3 is 2.39 bits per heavy atom. The van der Waals surface area contributed by atoms with Crippen LogP contribution in [-0.2, 0) is 16.0 Å². The van der Waals surface area contributed by atoms with Crippen LogP contribution in [-0.4, -0.2) is 57.0 Å². The van der Waals surface area contributed by atoms with E-state index >= 15 is 0 Å². The van der Waals surface area contributed by atoms with Crippen molar-refractivity contribution < 1.29 is 34.0 Å². The van der Waals surface area contributed by atoms with Crippen LogP contribution in [0.1, 0.15) is 88.9 Å². The monoisotopic (exact) mass is 571 g/mol. The largest absolute Gasteiger partial charge is 0.491 e. The highest BCUT2D eigenvalue weighted by Gasteiger charge is 2.32. The molecule has 0 spiro atoms. The highest BCUT2D eigenvalue weighted by atomic mass is 19.1. The molecule has 1 saturated carbocycles. The second-order valence-corrected chi connectivity index (χ2v) is 11.2. The van der Waals surface area contributed by atoms with Crippen LogP contribution in [0, 0.1) is 11.7 Å². The predicted octanol–water partition coefficient (Wildman–Crippen LogP) is 5.97. The van der Waals surface area contributed by atoms with Gasteiger partial charge in [0.15, 0.2) is 0 Å². The molecule has 4 unspecified atom stereocenters. The maximum atomic E-state index is 14.4. The summed E-state index contributed by atoms with van der Waals surface area (Å²) >= 11 is 0. The quantitative estimate of drug-likeness (QED) is 0.320. The third-order valence-electron chi connectivity index (χ3n) is 7.97. The van der Waals surface area contributed by atoms with Gasteiger partial charge in [-0.25, -0.2) is 9.37 Å². The number of aliphatic hydroxyl groups excluding tert-OH is 1. The number of fused-ring (bicyclic) bond motifs is 3. The molecule has 1 aromatic heterocycles. The number of imidazole rings is 1. The number of ether oxygens (including phenoxy) is 1. The summed E-state index contributed by atoms with van der Waals surface area (Å²) in [7, 11) is 2.15. The second kappa shape index (κ2) is 14.3. The highest BCUT2D eigenvalue weighted by molar-refractivity contribution is 5.86. The molecule has 1 aliphatic carbocycles. The van der Waals surface area contributed by atoms with Crippen molar-refractivity contribution in [2.75, 3.05) is 11.9 Å². The van der Waals surface area contributed by atoms with Crippen LogP contribution in [0.3, 0.4) is 0 Å². The van der Waals surface area contributed by atoms with Crippen LogP contribution in [0.2, 0.25) is 0 Å². The Balaban J connectivity index is 0.000000710. The molecule has 5 rings (SSSR count). The van der Waals surface area contributed by atoms with Crippen LogP contribution < -0.4 is 9.64 Å². The molecule has 0 saturated heterocycles. The van der Waals surface area contributed by atoms with E-state index < -0.39 is 11.9 Å². The number of hydrogen-bond donors (Lipinski definition) is 3. The van der Waals surface area contributed by atoms with Gasteiger partial charge in [0.2, 0.25) is 0 Å². The van der Waals surface area contributed by atoms with Gasteiger partial charge in [0.1, 0.15) is 23.5 Å². The molecule has 1 aliphatic heterocycles. The van der Waals surface area contributed by atoms with E-state index in [-0.39, 0.29) is 25.1 Å².